The molecule has 1 fully saturated rings. The fraction of sp³-hybridized carbons (Fsp3) is 0.333. The van der Waals surface area contributed by atoms with Gasteiger partial charge < -0.3 is 20.1 Å². The van der Waals surface area contributed by atoms with E-state index in [4.69, 9.17) is 9.47 Å². The zero-order valence-electron chi connectivity index (χ0n) is 18.2. The van der Waals surface area contributed by atoms with Crippen molar-refractivity contribution in [3.8, 4) is 11.5 Å². The first kappa shape index (κ1) is 22.7. The minimum Gasteiger partial charge on any atom is -0.497 e. The molecule has 0 spiro atoms. The van der Waals surface area contributed by atoms with Crippen molar-refractivity contribution in [2.24, 2.45) is 0 Å². The van der Waals surface area contributed by atoms with Crippen LogP contribution < -0.4 is 20.1 Å². The van der Waals surface area contributed by atoms with Gasteiger partial charge in [0.2, 0.25) is 5.95 Å². The predicted molar refractivity (Wildman–Crippen MR) is 121 cm³/mol. The monoisotopic (exact) mass is 458 g/mol. The van der Waals surface area contributed by atoms with Gasteiger partial charge in [-0.3, -0.25) is 0 Å². The van der Waals surface area contributed by atoms with E-state index in [0.29, 0.717) is 22.9 Å². The largest absolute Gasteiger partial charge is 0.497 e. The summed E-state index contributed by atoms with van der Waals surface area (Å²) < 4.78 is 52.3. The summed E-state index contributed by atoms with van der Waals surface area (Å²) in [6.45, 7) is 0. The van der Waals surface area contributed by atoms with Crippen molar-refractivity contribution in [2.45, 2.75) is 44.4 Å². The number of benzene rings is 2. The molecule has 1 aliphatic carbocycles. The van der Waals surface area contributed by atoms with E-state index in [-0.39, 0.29) is 17.9 Å². The van der Waals surface area contributed by atoms with Gasteiger partial charge in [-0.15, -0.1) is 0 Å². The van der Waals surface area contributed by atoms with E-state index in [1.54, 1.807) is 55.6 Å². The number of para-hydroxylation sites is 2. The SMILES string of the molecule is COc1ccc(Nc2ncc(C(F)(F)F)c(Nc3ccccc3OC3CCCCC3)n2)cc1. The van der Waals surface area contributed by atoms with Crippen LogP contribution in [0.2, 0.25) is 0 Å². The van der Waals surface area contributed by atoms with E-state index in [0.717, 1.165) is 31.9 Å². The van der Waals surface area contributed by atoms with Crippen LogP contribution in [0.1, 0.15) is 37.7 Å². The highest BCUT2D eigenvalue weighted by Gasteiger charge is 2.35. The van der Waals surface area contributed by atoms with E-state index in [2.05, 4.69) is 20.6 Å². The van der Waals surface area contributed by atoms with E-state index < -0.39 is 11.7 Å². The molecule has 1 aromatic heterocycles. The summed E-state index contributed by atoms with van der Waals surface area (Å²) in [6, 6.07) is 13.9. The topological polar surface area (TPSA) is 68.3 Å². The summed E-state index contributed by atoms with van der Waals surface area (Å²) in [6.07, 6.45) is 1.43. The number of halogens is 3. The summed E-state index contributed by atoms with van der Waals surface area (Å²) in [4.78, 5) is 7.98. The standard InChI is InChI=1S/C24H25F3N4O2/c1-32-17-13-11-16(12-14-17)29-23-28-15-19(24(25,26)27)22(31-23)30-20-9-5-6-10-21(20)33-18-7-3-2-4-8-18/h5-6,9-15,18H,2-4,7-8H2,1H3,(H2,28,29,30,31). The second-order valence-electron chi connectivity index (χ2n) is 7.81. The second-order valence-corrected chi connectivity index (χ2v) is 7.81. The Hall–Kier alpha value is -3.49. The molecule has 1 heterocycles. The Balaban J connectivity index is 1.61. The Bertz CT molecular complexity index is 1070. The van der Waals surface area contributed by atoms with E-state index in [1.807, 2.05) is 0 Å². The molecule has 2 N–H and O–H groups in total. The fourth-order valence-electron chi connectivity index (χ4n) is 3.71. The number of anilines is 4. The van der Waals surface area contributed by atoms with Gasteiger partial charge in [-0.2, -0.15) is 18.2 Å². The Kier molecular flexibility index (Phi) is 6.86. The van der Waals surface area contributed by atoms with Crippen LogP contribution in [0.3, 0.4) is 0 Å². The van der Waals surface area contributed by atoms with Gasteiger partial charge in [0.05, 0.1) is 18.9 Å². The Labute approximate surface area is 190 Å². The summed E-state index contributed by atoms with van der Waals surface area (Å²) in [5, 5.41) is 5.75. The molecule has 0 saturated heterocycles. The van der Waals surface area contributed by atoms with Crippen LogP contribution in [0.25, 0.3) is 0 Å². The molecular weight excluding hydrogens is 433 g/mol. The number of rotatable bonds is 7. The first-order chi connectivity index (χ1) is 15.9. The van der Waals surface area contributed by atoms with Crippen molar-refractivity contribution < 1.29 is 22.6 Å². The maximum Gasteiger partial charge on any atom is 0.421 e. The summed E-state index contributed by atoms with van der Waals surface area (Å²) >= 11 is 0. The van der Waals surface area contributed by atoms with Gasteiger partial charge in [0.15, 0.2) is 0 Å². The number of hydrogen-bond donors (Lipinski definition) is 2. The minimum atomic E-state index is -4.62. The van der Waals surface area contributed by atoms with Crippen molar-refractivity contribution in [2.75, 3.05) is 17.7 Å². The zero-order chi connectivity index (χ0) is 23.3. The highest BCUT2D eigenvalue weighted by atomic mass is 19.4. The zero-order valence-corrected chi connectivity index (χ0v) is 18.2. The Morgan fingerprint density at radius 3 is 2.36 bits per heavy atom. The highest BCUT2D eigenvalue weighted by Crippen LogP contribution is 2.37. The average molecular weight is 458 g/mol. The molecule has 6 nitrogen and oxygen atoms in total. The Morgan fingerprint density at radius 2 is 1.67 bits per heavy atom. The van der Waals surface area contributed by atoms with Gasteiger partial charge in [-0.25, -0.2) is 4.98 Å². The number of alkyl halides is 3. The molecular formula is C24H25F3N4O2. The van der Waals surface area contributed by atoms with Gasteiger partial charge in [-0.1, -0.05) is 18.6 Å². The predicted octanol–water partition coefficient (Wildman–Crippen LogP) is 6.70. The van der Waals surface area contributed by atoms with Gasteiger partial charge in [-0.05, 0) is 62.1 Å². The smallest absolute Gasteiger partial charge is 0.421 e. The van der Waals surface area contributed by atoms with Crippen LogP contribution in [-0.4, -0.2) is 23.2 Å². The lowest BCUT2D eigenvalue weighted by Gasteiger charge is -2.24. The number of nitrogens with one attached hydrogen (secondary N) is 2. The maximum atomic E-state index is 13.7. The van der Waals surface area contributed by atoms with Gasteiger partial charge in [0.25, 0.3) is 0 Å². The second kappa shape index (κ2) is 9.97. The minimum absolute atomic E-state index is 0.0290. The molecule has 2 aromatic carbocycles. The number of ether oxygens (including phenoxy) is 2. The molecule has 0 unspecified atom stereocenters. The van der Waals surface area contributed by atoms with E-state index >= 15 is 0 Å². The molecule has 33 heavy (non-hydrogen) atoms. The van der Waals surface area contributed by atoms with Crippen LogP contribution >= 0.6 is 0 Å². The van der Waals surface area contributed by atoms with E-state index in [9.17, 15) is 13.2 Å². The van der Waals surface area contributed by atoms with Crippen molar-refractivity contribution in [1.82, 2.24) is 9.97 Å². The summed E-state index contributed by atoms with van der Waals surface area (Å²) in [7, 11) is 1.55. The normalized spacial score (nSPS) is 14.5. The number of aromatic nitrogens is 2. The fourth-order valence-corrected chi connectivity index (χ4v) is 3.71. The molecule has 3 aromatic rings. The Morgan fingerprint density at radius 1 is 0.939 bits per heavy atom. The molecule has 0 radical (unpaired) electrons. The van der Waals surface area contributed by atoms with Crippen LogP contribution in [0.15, 0.2) is 54.7 Å². The third-order valence-electron chi connectivity index (χ3n) is 5.43. The third kappa shape index (κ3) is 5.85. The van der Waals surface area contributed by atoms with Gasteiger partial charge in [0.1, 0.15) is 22.9 Å². The average Bonchev–Trinajstić information content (AvgIpc) is 2.81. The third-order valence-corrected chi connectivity index (χ3v) is 5.43. The quantitative estimate of drug-likeness (QED) is 0.411. The van der Waals surface area contributed by atoms with E-state index in [1.165, 1.54) is 6.42 Å². The molecule has 1 saturated carbocycles. The summed E-state index contributed by atoms with van der Waals surface area (Å²) in [5.74, 6) is 0.834. The molecule has 174 valence electrons. The molecule has 9 heteroatoms. The van der Waals surface area contributed by atoms with Gasteiger partial charge in [0, 0.05) is 11.9 Å². The number of hydrogen-bond acceptors (Lipinski definition) is 6. The molecule has 0 bridgehead atoms. The highest BCUT2D eigenvalue weighted by molar-refractivity contribution is 5.67. The first-order valence-corrected chi connectivity index (χ1v) is 10.8. The van der Waals surface area contributed by atoms with Crippen molar-refractivity contribution in [3.63, 3.8) is 0 Å². The molecule has 1 aliphatic rings. The van der Waals surface area contributed by atoms with Crippen LogP contribution in [-0.2, 0) is 6.18 Å². The van der Waals surface area contributed by atoms with Crippen molar-refractivity contribution in [1.29, 1.82) is 0 Å². The maximum absolute atomic E-state index is 13.7. The van der Waals surface area contributed by atoms with Crippen LogP contribution in [0.4, 0.5) is 36.3 Å². The molecule has 0 atom stereocenters. The summed E-state index contributed by atoms with van der Waals surface area (Å²) in [5.41, 5.74) is 0.0699. The number of nitrogens with zero attached hydrogens (tertiary/aromatic N) is 2. The lowest BCUT2D eigenvalue weighted by molar-refractivity contribution is -0.137. The van der Waals surface area contributed by atoms with Gasteiger partial charge >= 0.3 is 6.18 Å². The van der Waals surface area contributed by atoms with Crippen molar-refractivity contribution in [3.05, 3.63) is 60.3 Å². The van der Waals surface area contributed by atoms with Crippen LogP contribution in [0.5, 0.6) is 11.5 Å². The lowest BCUT2D eigenvalue weighted by atomic mass is 9.98. The molecule has 0 aliphatic heterocycles. The lowest BCUT2D eigenvalue weighted by Crippen LogP contribution is -2.20. The van der Waals surface area contributed by atoms with Crippen molar-refractivity contribution >= 4 is 23.1 Å². The van der Waals surface area contributed by atoms with Crippen LogP contribution in [0, 0.1) is 0 Å². The number of methoxy groups -OCH3 is 1. The molecule has 4 rings (SSSR count). The first-order valence-electron chi connectivity index (χ1n) is 10.8. The molecule has 0 amide bonds.